The smallest absolute Gasteiger partial charge is 0.138 e. The molecule has 3 nitrogen and oxygen atoms in total. The molecule has 0 aliphatic carbocycles. The Bertz CT molecular complexity index is 408. The van der Waals surface area contributed by atoms with Gasteiger partial charge in [0.15, 0.2) is 0 Å². The van der Waals surface area contributed by atoms with Crippen molar-refractivity contribution >= 4 is 15.9 Å². The van der Waals surface area contributed by atoms with Crippen molar-refractivity contribution in [2.45, 2.75) is 18.9 Å². The van der Waals surface area contributed by atoms with E-state index in [1.54, 1.807) is 0 Å². The summed E-state index contributed by atoms with van der Waals surface area (Å²) in [5.74, 6) is 0.656. The van der Waals surface area contributed by atoms with E-state index in [4.69, 9.17) is 14.7 Å². The van der Waals surface area contributed by atoms with E-state index in [9.17, 15) is 0 Å². The minimum Gasteiger partial charge on any atom is -0.489 e. The van der Waals surface area contributed by atoms with E-state index in [1.165, 1.54) is 0 Å². The van der Waals surface area contributed by atoms with Crippen molar-refractivity contribution in [3.8, 4) is 11.8 Å². The summed E-state index contributed by atoms with van der Waals surface area (Å²) in [6.45, 7) is 1.47. The molecule has 1 heterocycles. The van der Waals surface area contributed by atoms with Crippen molar-refractivity contribution in [1.82, 2.24) is 0 Å². The Hall–Kier alpha value is -1.05. The molecule has 0 N–H and O–H groups in total. The first-order valence-electron chi connectivity index (χ1n) is 5.24. The highest BCUT2D eigenvalue weighted by Crippen LogP contribution is 2.28. The lowest BCUT2D eigenvalue weighted by Gasteiger charge is -2.23. The molecule has 1 aromatic rings. The first kappa shape index (κ1) is 11.4. The van der Waals surface area contributed by atoms with Crippen LogP contribution in [0, 0.1) is 11.3 Å². The Kier molecular flexibility index (Phi) is 3.81. The maximum Gasteiger partial charge on any atom is 0.138 e. The lowest BCUT2D eigenvalue weighted by atomic mass is 10.1. The highest BCUT2D eigenvalue weighted by atomic mass is 79.9. The molecule has 1 aromatic carbocycles. The summed E-state index contributed by atoms with van der Waals surface area (Å²) in [6.07, 6.45) is 1.93. The number of rotatable bonds is 2. The second-order valence-electron chi connectivity index (χ2n) is 3.65. The summed E-state index contributed by atoms with van der Waals surface area (Å²) in [4.78, 5) is 0. The molecule has 16 heavy (non-hydrogen) atoms. The van der Waals surface area contributed by atoms with Crippen molar-refractivity contribution < 1.29 is 9.47 Å². The SMILES string of the molecule is N#Cc1c(Br)cccc1OC1CCOCC1. The quantitative estimate of drug-likeness (QED) is 0.837. The van der Waals surface area contributed by atoms with Crippen molar-refractivity contribution in [3.05, 3.63) is 28.2 Å². The van der Waals surface area contributed by atoms with Gasteiger partial charge in [0.25, 0.3) is 0 Å². The molecule has 1 fully saturated rings. The predicted molar refractivity (Wildman–Crippen MR) is 63.3 cm³/mol. The van der Waals surface area contributed by atoms with Gasteiger partial charge in [-0.1, -0.05) is 6.07 Å². The van der Waals surface area contributed by atoms with E-state index in [1.807, 2.05) is 18.2 Å². The molecule has 0 saturated carbocycles. The van der Waals surface area contributed by atoms with Crippen LogP contribution >= 0.6 is 15.9 Å². The number of hydrogen-bond donors (Lipinski definition) is 0. The minimum absolute atomic E-state index is 0.162. The van der Waals surface area contributed by atoms with Crippen LogP contribution in [0.2, 0.25) is 0 Å². The van der Waals surface area contributed by atoms with Gasteiger partial charge in [0.1, 0.15) is 23.5 Å². The molecule has 0 spiro atoms. The topological polar surface area (TPSA) is 42.2 Å². The number of nitrogens with zero attached hydrogens (tertiary/aromatic N) is 1. The zero-order valence-corrected chi connectivity index (χ0v) is 10.4. The first-order chi connectivity index (χ1) is 7.81. The van der Waals surface area contributed by atoms with Gasteiger partial charge in [0.2, 0.25) is 0 Å². The number of hydrogen-bond acceptors (Lipinski definition) is 3. The van der Waals surface area contributed by atoms with Crippen LogP contribution in [0.4, 0.5) is 0 Å². The normalized spacial score (nSPS) is 16.8. The Balaban J connectivity index is 2.14. The molecule has 0 aromatic heterocycles. The van der Waals surface area contributed by atoms with Crippen LogP contribution in [0.1, 0.15) is 18.4 Å². The number of ether oxygens (including phenoxy) is 2. The Morgan fingerprint density at radius 1 is 1.38 bits per heavy atom. The predicted octanol–water partition coefficient (Wildman–Crippen LogP) is 2.88. The highest BCUT2D eigenvalue weighted by molar-refractivity contribution is 9.10. The summed E-state index contributed by atoms with van der Waals surface area (Å²) >= 11 is 3.34. The molecular formula is C12H12BrNO2. The van der Waals surface area contributed by atoms with E-state index in [2.05, 4.69) is 22.0 Å². The lowest BCUT2D eigenvalue weighted by Crippen LogP contribution is -2.26. The monoisotopic (exact) mass is 281 g/mol. The standard InChI is InChI=1S/C12H12BrNO2/c13-11-2-1-3-12(10(11)8-14)16-9-4-6-15-7-5-9/h1-3,9H,4-7H2. The van der Waals surface area contributed by atoms with Crippen molar-refractivity contribution in [2.75, 3.05) is 13.2 Å². The molecule has 84 valence electrons. The van der Waals surface area contributed by atoms with Gasteiger partial charge in [0.05, 0.1) is 13.2 Å². The largest absolute Gasteiger partial charge is 0.489 e. The van der Waals surface area contributed by atoms with Crippen LogP contribution in [0.5, 0.6) is 5.75 Å². The highest BCUT2D eigenvalue weighted by Gasteiger charge is 2.17. The van der Waals surface area contributed by atoms with Crippen LogP contribution in [0.15, 0.2) is 22.7 Å². The third kappa shape index (κ3) is 2.55. The molecule has 0 amide bonds. The summed E-state index contributed by atoms with van der Waals surface area (Å²) in [6, 6.07) is 7.70. The number of benzene rings is 1. The summed E-state index contributed by atoms with van der Waals surface area (Å²) in [5, 5.41) is 9.04. The zero-order chi connectivity index (χ0) is 11.4. The summed E-state index contributed by atoms with van der Waals surface area (Å²) < 4.78 is 11.9. The van der Waals surface area contributed by atoms with Gasteiger partial charge in [-0.05, 0) is 28.1 Å². The molecule has 2 rings (SSSR count). The van der Waals surface area contributed by atoms with Gasteiger partial charge in [-0.15, -0.1) is 0 Å². The van der Waals surface area contributed by atoms with Crippen LogP contribution < -0.4 is 4.74 Å². The average molecular weight is 282 g/mol. The van der Waals surface area contributed by atoms with Crippen LogP contribution in [0.3, 0.4) is 0 Å². The van der Waals surface area contributed by atoms with Gasteiger partial charge in [-0.3, -0.25) is 0 Å². The third-order valence-corrected chi connectivity index (χ3v) is 3.21. The second kappa shape index (κ2) is 5.33. The van der Waals surface area contributed by atoms with Gasteiger partial charge in [-0.2, -0.15) is 5.26 Å². The molecular weight excluding hydrogens is 270 g/mol. The van der Waals surface area contributed by atoms with E-state index >= 15 is 0 Å². The van der Waals surface area contributed by atoms with E-state index in [0.29, 0.717) is 11.3 Å². The molecule has 4 heteroatoms. The fourth-order valence-electron chi connectivity index (χ4n) is 1.68. The van der Waals surface area contributed by atoms with Crippen molar-refractivity contribution in [3.63, 3.8) is 0 Å². The fourth-order valence-corrected chi connectivity index (χ4v) is 2.12. The first-order valence-corrected chi connectivity index (χ1v) is 6.03. The second-order valence-corrected chi connectivity index (χ2v) is 4.51. The van der Waals surface area contributed by atoms with Gasteiger partial charge in [0, 0.05) is 17.3 Å². The Morgan fingerprint density at radius 2 is 2.12 bits per heavy atom. The zero-order valence-electron chi connectivity index (χ0n) is 8.78. The molecule has 0 radical (unpaired) electrons. The van der Waals surface area contributed by atoms with Crippen LogP contribution in [-0.4, -0.2) is 19.3 Å². The maximum absolute atomic E-state index is 9.04. The number of halogens is 1. The lowest BCUT2D eigenvalue weighted by molar-refractivity contribution is 0.0254. The van der Waals surface area contributed by atoms with Crippen molar-refractivity contribution in [1.29, 1.82) is 5.26 Å². The fraction of sp³-hybridized carbons (Fsp3) is 0.417. The van der Waals surface area contributed by atoms with E-state index < -0.39 is 0 Å². The van der Waals surface area contributed by atoms with Gasteiger partial charge >= 0.3 is 0 Å². The van der Waals surface area contributed by atoms with Gasteiger partial charge in [-0.25, -0.2) is 0 Å². The Labute approximate surface area is 103 Å². The molecule has 0 bridgehead atoms. The molecule has 1 saturated heterocycles. The maximum atomic E-state index is 9.04. The summed E-state index contributed by atoms with van der Waals surface area (Å²) in [5.41, 5.74) is 0.564. The molecule has 1 aliphatic heterocycles. The number of nitriles is 1. The Morgan fingerprint density at radius 3 is 2.81 bits per heavy atom. The van der Waals surface area contributed by atoms with Crippen LogP contribution in [-0.2, 0) is 4.74 Å². The molecule has 0 unspecified atom stereocenters. The molecule has 1 aliphatic rings. The van der Waals surface area contributed by atoms with E-state index in [-0.39, 0.29) is 6.10 Å². The van der Waals surface area contributed by atoms with Crippen LogP contribution in [0.25, 0.3) is 0 Å². The van der Waals surface area contributed by atoms with E-state index in [0.717, 1.165) is 30.5 Å². The summed E-state index contributed by atoms with van der Waals surface area (Å²) in [7, 11) is 0. The molecule has 0 atom stereocenters. The third-order valence-electron chi connectivity index (χ3n) is 2.55. The van der Waals surface area contributed by atoms with Gasteiger partial charge < -0.3 is 9.47 Å². The van der Waals surface area contributed by atoms with Crippen molar-refractivity contribution in [2.24, 2.45) is 0 Å². The average Bonchev–Trinajstić information content (AvgIpc) is 2.31. The minimum atomic E-state index is 0.162.